The molecule has 0 bridgehead atoms. The van der Waals surface area contributed by atoms with E-state index < -0.39 is 6.04 Å². The molecule has 0 unspecified atom stereocenters. The van der Waals surface area contributed by atoms with Crippen LogP contribution in [-0.2, 0) is 20.7 Å². The number of carbonyl (C=O) groups is 2. The summed E-state index contributed by atoms with van der Waals surface area (Å²) in [6.07, 6.45) is 0.609. The van der Waals surface area contributed by atoms with E-state index in [0.29, 0.717) is 32.7 Å². The number of ether oxygens (including phenoxy) is 1. The van der Waals surface area contributed by atoms with Crippen molar-refractivity contribution in [2.24, 2.45) is 0 Å². The van der Waals surface area contributed by atoms with Gasteiger partial charge in [0, 0.05) is 13.1 Å². The number of likely N-dealkylation sites (N-methyl/N-ethyl adjacent to an activating group) is 1. The number of morpholine rings is 1. The van der Waals surface area contributed by atoms with Gasteiger partial charge in [-0.05, 0) is 33.0 Å². The summed E-state index contributed by atoms with van der Waals surface area (Å²) in [6.45, 7) is 4.02. The highest BCUT2D eigenvalue weighted by Gasteiger charge is 2.27. The summed E-state index contributed by atoms with van der Waals surface area (Å²) in [6, 6.07) is 9.05. The Morgan fingerprint density at radius 2 is 1.83 bits per heavy atom. The van der Waals surface area contributed by atoms with Gasteiger partial charge in [0.25, 0.3) is 0 Å². The Bertz CT molecular complexity index is 542. The molecule has 0 aliphatic carbocycles. The second-order valence-electron chi connectivity index (χ2n) is 6.34. The standard InChI is InChI=1S/C18H27N3O3/c1-14(18(23)21-9-11-24-12-10-21)19-17(22)16(20(2)3)13-15-7-5-4-6-8-15/h4-8,14,16H,9-13H2,1-3H3,(H,19,22)/t14-,16-/m1/s1. The van der Waals surface area contributed by atoms with Crippen LogP contribution in [0, 0.1) is 0 Å². The minimum atomic E-state index is -0.533. The van der Waals surface area contributed by atoms with Gasteiger partial charge in [0.2, 0.25) is 11.8 Å². The summed E-state index contributed by atoms with van der Waals surface area (Å²) >= 11 is 0. The molecule has 1 saturated heterocycles. The number of hydrogen-bond donors (Lipinski definition) is 1. The first-order valence-electron chi connectivity index (χ1n) is 8.36. The molecule has 1 aliphatic heterocycles. The topological polar surface area (TPSA) is 61.9 Å². The molecule has 0 spiro atoms. The molecule has 1 heterocycles. The van der Waals surface area contributed by atoms with Crippen LogP contribution in [0.15, 0.2) is 30.3 Å². The Balaban J connectivity index is 1.95. The van der Waals surface area contributed by atoms with Gasteiger partial charge in [-0.3, -0.25) is 14.5 Å². The van der Waals surface area contributed by atoms with Crippen molar-refractivity contribution in [3.63, 3.8) is 0 Å². The summed E-state index contributed by atoms with van der Waals surface area (Å²) < 4.78 is 5.26. The third kappa shape index (κ3) is 5.04. The van der Waals surface area contributed by atoms with Gasteiger partial charge in [0.15, 0.2) is 0 Å². The largest absolute Gasteiger partial charge is 0.378 e. The van der Waals surface area contributed by atoms with Gasteiger partial charge < -0.3 is 15.0 Å². The summed E-state index contributed by atoms with van der Waals surface area (Å²) in [7, 11) is 3.75. The van der Waals surface area contributed by atoms with Gasteiger partial charge in [0.1, 0.15) is 6.04 Å². The minimum Gasteiger partial charge on any atom is -0.378 e. The molecule has 0 aromatic heterocycles. The van der Waals surface area contributed by atoms with Gasteiger partial charge in [-0.15, -0.1) is 0 Å². The molecule has 1 N–H and O–H groups in total. The first-order valence-corrected chi connectivity index (χ1v) is 8.36. The molecule has 2 amide bonds. The predicted molar refractivity (Wildman–Crippen MR) is 92.6 cm³/mol. The fourth-order valence-electron chi connectivity index (χ4n) is 2.78. The fourth-order valence-corrected chi connectivity index (χ4v) is 2.78. The van der Waals surface area contributed by atoms with E-state index in [-0.39, 0.29) is 17.9 Å². The lowest BCUT2D eigenvalue weighted by Crippen LogP contribution is -2.54. The number of nitrogens with one attached hydrogen (secondary N) is 1. The van der Waals surface area contributed by atoms with Gasteiger partial charge in [-0.25, -0.2) is 0 Å². The van der Waals surface area contributed by atoms with E-state index in [1.165, 1.54) is 0 Å². The van der Waals surface area contributed by atoms with Crippen LogP contribution >= 0.6 is 0 Å². The zero-order chi connectivity index (χ0) is 17.5. The van der Waals surface area contributed by atoms with E-state index in [2.05, 4.69) is 5.32 Å². The molecule has 1 aromatic rings. The van der Waals surface area contributed by atoms with Crippen LogP contribution < -0.4 is 5.32 Å². The second kappa shape index (κ2) is 8.80. The molecule has 6 nitrogen and oxygen atoms in total. The molecule has 2 rings (SSSR count). The molecule has 6 heteroatoms. The van der Waals surface area contributed by atoms with Gasteiger partial charge in [-0.2, -0.15) is 0 Å². The molecule has 132 valence electrons. The Labute approximate surface area is 143 Å². The van der Waals surface area contributed by atoms with Crippen molar-refractivity contribution in [2.75, 3.05) is 40.4 Å². The highest BCUT2D eigenvalue weighted by atomic mass is 16.5. The molecule has 2 atom stereocenters. The van der Waals surface area contributed by atoms with Crippen molar-refractivity contribution < 1.29 is 14.3 Å². The van der Waals surface area contributed by atoms with Crippen molar-refractivity contribution in [3.05, 3.63) is 35.9 Å². The number of benzene rings is 1. The fraction of sp³-hybridized carbons (Fsp3) is 0.556. The number of nitrogens with zero attached hydrogens (tertiary/aromatic N) is 2. The summed E-state index contributed by atoms with van der Waals surface area (Å²) in [5.74, 6) is -0.179. The van der Waals surface area contributed by atoms with Crippen molar-refractivity contribution in [1.82, 2.24) is 15.1 Å². The van der Waals surface area contributed by atoms with Crippen LogP contribution in [0.4, 0.5) is 0 Å². The Kier molecular flexibility index (Phi) is 6.75. The van der Waals surface area contributed by atoms with E-state index in [4.69, 9.17) is 4.74 Å². The molecule has 24 heavy (non-hydrogen) atoms. The minimum absolute atomic E-state index is 0.0520. The van der Waals surface area contributed by atoms with Gasteiger partial charge in [0.05, 0.1) is 19.3 Å². The van der Waals surface area contributed by atoms with Gasteiger partial charge >= 0.3 is 0 Å². The summed E-state index contributed by atoms with van der Waals surface area (Å²) in [5.41, 5.74) is 1.10. The first kappa shape index (κ1) is 18.4. The second-order valence-corrected chi connectivity index (χ2v) is 6.34. The van der Waals surface area contributed by atoms with E-state index in [0.717, 1.165) is 5.56 Å². The molecule has 0 radical (unpaired) electrons. The maximum absolute atomic E-state index is 12.6. The number of hydrogen-bond acceptors (Lipinski definition) is 4. The smallest absolute Gasteiger partial charge is 0.245 e. The van der Waals surface area contributed by atoms with E-state index in [1.54, 1.807) is 11.8 Å². The van der Waals surface area contributed by atoms with Crippen LogP contribution in [0.5, 0.6) is 0 Å². The van der Waals surface area contributed by atoms with Crippen molar-refractivity contribution in [2.45, 2.75) is 25.4 Å². The third-order valence-corrected chi connectivity index (χ3v) is 4.25. The quantitative estimate of drug-likeness (QED) is 0.825. The zero-order valence-corrected chi connectivity index (χ0v) is 14.7. The van der Waals surface area contributed by atoms with Crippen LogP contribution in [0.25, 0.3) is 0 Å². The van der Waals surface area contributed by atoms with Crippen molar-refractivity contribution in [1.29, 1.82) is 0 Å². The van der Waals surface area contributed by atoms with E-state index >= 15 is 0 Å². The van der Waals surface area contributed by atoms with Crippen LogP contribution in [-0.4, -0.2) is 74.1 Å². The van der Waals surface area contributed by atoms with Crippen molar-refractivity contribution >= 4 is 11.8 Å². The summed E-state index contributed by atoms with van der Waals surface area (Å²) in [4.78, 5) is 28.7. The molecular weight excluding hydrogens is 306 g/mol. The molecule has 1 aliphatic rings. The van der Waals surface area contributed by atoms with Crippen LogP contribution in [0.3, 0.4) is 0 Å². The monoisotopic (exact) mass is 333 g/mol. The SMILES string of the molecule is C[C@@H](NC(=O)[C@@H](Cc1ccccc1)N(C)C)C(=O)N1CCOCC1. The third-order valence-electron chi connectivity index (χ3n) is 4.25. The maximum atomic E-state index is 12.6. The lowest BCUT2D eigenvalue weighted by atomic mass is 10.0. The first-order chi connectivity index (χ1) is 11.5. The Morgan fingerprint density at radius 3 is 2.42 bits per heavy atom. The number of amides is 2. The summed E-state index contributed by atoms with van der Waals surface area (Å²) in [5, 5.41) is 2.87. The number of rotatable bonds is 6. The lowest BCUT2D eigenvalue weighted by molar-refractivity contribution is -0.140. The highest BCUT2D eigenvalue weighted by Crippen LogP contribution is 2.08. The average molecular weight is 333 g/mol. The van der Waals surface area contributed by atoms with Crippen molar-refractivity contribution in [3.8, 4) is 0 Å². The average Bonchev–Trinajstić information content (AvgIpc) is 2.60. The number of carbonyl (C=O) groups excluding carboxylic acids is 2. The van der Waals surface area contributed by atoms with Gasteiger partial charge in [-0.1, -0.05) is 30.3 Å². The normalized spacial score (nSPS) is 17.4. The van der Waals surface area contributed by atoms with E-state index in [9.17, 15) is 9.59 Å². The Hall–Kier alpha value is -1.92. The molecule has 1 fully saturated rings. The Morgan fingerprint density at radius 1 is 1.21 bits per heavy atom. The molecule has 1 aromatic carbocycles. The molecular formula is C18H27N3O3. The molecule has 0 saturated carbocycles. The predicted octanol–water partition coefficient (Wildman–Crippen LogP) is 0.523. The van der Waals surface area contributed by atoms with E-state index in [1.807, 2.05) is 49.3 Å². The maximum Gasteiger partial charge on any atom is 0.245 e. The lowest BCUT2D eigenvalue weighted by Gasteiger charge is -2.31. The van der Waals surface area contributed by atoms with Crippen LogP contribution in [0.1, 0.15) is 12.5 Å². The highest BCUT2D eigenvalue weighted by molar-refractivity contribution is 5.89. The van der Waals surface area contributed by atoms with Crippen LogP contribution in [0.2, 0.25) is 0 Å². The zero-order valence-electron chi connectivity index (χ0n) is 14.7.